The number of benzene rings is 1. The molecule has 1 aliphatic rings. The molecule has 144 valence electrons. The van der Waals surface area contributed by atoms with Gasteiger partial charge in [0.05, 0.1) is 18.4 Å². The number of piperidine rings is 1. The maximum absolute atomic E-state index is 12.6. The smallest absolute Gasteiger partial charge is 0.233 e. The number of hydrogen-bond acceptors (Lipinski definition) is 5. The van der Waals surface area contributed by atoms with Crippen LogP contribution in [-0.2, 0) is 11.3 Å². The molecule has 1 fully saturated rings. The summed E-state index contributed by atoms with van der Waals surface area (Å²) in [6.07, 6.45) is 4.09. The highest BCUT2D eigenvalue weighted by Gasteiger charge is 2.22. The van der Waals surface area contributed by atoms with E-state index in [1.54, 1.807) is 13.2 Å². The highest BCUT2D eigenvalue weighted by molar-refractivity contribution is 7.99. The number of aromatic nitrogens is 3. The van der Waals surface area contributed by atoms with Gasteiger partial charge in [0.2, 0.25) is 5.91 Å². The maximum Gasteiger partial charge on any atom is 0.233 e. The number of allylic oxidation sites excluding steroid dienone is 1. The topological polar surface area (TPSA) is 60.2 Å². The Hall–Kier alpha value is -2.28. The second-order valence-corrected chi connectivity index (χ2v) is 7.72. The quantitative estimate of drug-likeness (QED) is 0.538. The van der Waals surface area contributed by atoms with Gasteiger partial charge < -0.3 is 9.64 Å². The molecule has 3 rings (SSSR count). The molecule has 2 aromatic rings. The molecule has 1 amide bonds. The summed E-state index contributed by atoms with van der Waals surface area (Å²) in [5, 5.41) is 9.39. The van der Waals surface area contributed by atoms with E-state index in [0.29, 0.717) is 29.2 Å². The predicted octanol–water partition coefficient (Wildman–Crippen LogP) is 3.49. The summed E-state index contributed by atoms with van der Waals surface area (Å²) in [6.45, 7) is 8.32. The van der Waals surface area contributed by atoms with Gasteiger partial charge in [0.15, 0.2) is 11.0 Å². The molecule has 1 saturated heterocycles. The van der Waals surface area contributed by atoms with Crippen LogP contribution in [0.15, 0.2) is 42.1 Å². The molecular formula is C20H26N4O2S. The van der Waals surface area contributed by atoms with Crippen molar-refractivity contribution in [2.75, 3.05) is 26.0 Å². The Balaban J connectivity index is 1.77. The largest absolute Gasteiger partial charge is 0.496 e. The standard InChI is InChI=1S/C20H26N4O2S/c1-4-11-24-19(16-9-5-6-10-17(16)26-3)21-22-20(24)27-14-18(25)23-12-7-8-15(2)13-23/h4-6,9-10,15H,1,7-8,11-14H2,2-3H3/t15-/m0/s1. The zero-order valence-corrected chi connectivity index (χ0v) is 16.7. The van der Waals surface area contributed by atoms with Crippen LogP contribution in [0, 0.1) is 5.92 Å². The number of carbonyl (C=O) groups is 1. The Morgan fingerprint density at radius 3 is 2.96 bits per heavy atom. The number of para-hydroxylation sites is 1. The van der Waals surface area contributed by atoms with Gasteiger partial charge in [-0.3, -0.25) is 9.36 Å². The third kappa shape index (κ3) is 4.53. The molecule has 0 saturated carbocycles. The number of rotatable bonds is 7. The summed E-state index contributed by atoms with van der Waals surface area (Å²) in [4.78, 5) is 14.5. The normalized spacial score (nSPS) is 17.0. The van der Waals surface area contributed by atoms with Crippen LogP contribution in [-0.4, -0.2) is 51.5 Å². The van der Waals surface area contributed by atoms with E-state index in [1.807, 2.05) is 33.7 Å². The van der Waals surface area contributed by atoms with Crippen molar-refractivity contribution in [3.8, 4) is 17.1 Å². The van der Waals surface area contributed by atoms with E-state index in [1.165, 1.54) is 18.2 Å². The van der Waals surface area contributed by atoms with Crippen molar-refractivity contribution in [2.24, 2.45) is 5.92 Å². The zero-order valence-electron chi connectivity index (χ0n) is 15.9. The van der Waals surface area contributed by atoms with Gasteiger partial charge in [-0.15, -0.1) is 16.8 Å². The summed E-state index contributed by atoms with van der Waals surface area (Å²) in [6, 6.07) is 7.72. The SMILES string of the molecule is C=CCn1c(SCC(=O)N2CCC[C@H](C)C2)nnc1-c1ccccc1OC. The molecular weight excluding hydrogens is 360 g/mol. The Kier molecular flexibility index (Phi) is 6.55. The predicted molar refractivity (Wildman–Crippen MR) is 108 cm³/mol. The molecule has 0 bridgehead atoms. The van der Waals surface area contributed by atoms with E-state index < -0.39 is 0 Å². The molecule has 1 aromatic heterocycles. The second-order valence-electron chi connectivity index (χ2n) is 6.78. The first-order chi connectivity index (χ1) is 13.1. The average Bonchev–Trinajstić information content (AvgIpc) is 3.08. The van der Waals surface area contributed by atoms with Crippen molar-refractivity contribution in [3.05, 3.63) is 36.9 Å². The van der Waals surface area contributed by atoms with E-state index in [9.17, 15) is 4.79 Å². The van der Waals surface area contributed by atoms with Crippen molar-refractivity contribution < 1.29 is 9.53 Å². The highest BCUT2D eigenvalue weighted by atomic mass is 32.2. The number of carbonyl (C=O) groups excluding carboxylic acids is 1. The van der Waals surface area contributed by atoms with Crippen LogP contribution in [0.25, 0.3) is 11.4 Å². The van der Waals surface area contributed by atoms with Gasteiger partial charge in [0, 0.05) is 19.6 Å². The van der Waals surface area contributed by atoms with E-state index in [2.05, 4.69) is 23.7 Å². The fourth-order valence-electron chi connectivity index (χ4n) is 3.35. The van der Waals surface area contributed by atoms with Gasteiger partial charge in [-0.25, -0.2) is 0 Å². The van der Waals surface area contributed by atoms with Gasteiger partial charge in [-0.1, -0.05) is 36.9 Å². The van der Waals surface area contributed by atoms with E-state index in [4.69, 9.17) is 4.74 Å². The molecule has 1 atom stereocenters. The zero-order chi connectivity index (χ0) is 19.2. The summed E-state index contributed by atoms with van der Waals surface area (Å²) in [5.41, 5.74) is 0.873. The Morgan fingerprint density at radius 2 is 2.22 bits per heavy atom. The second kappa shape index (κ2) is 9.08. The molecule has 1 aromatic carbocycles. The first-order valence-electron chi connectivity index (χ1n) is 9.22. The first-order valence-corrected chi connectivity index (χ1v) is 10.2. The van der Waals surface area contributed by atoms with Crippen LogP contribution in [0.5, 0.6) is 5.75 Å². The number of methoxy groups -OCH3 is 1. The molecule has 7 heteroatoms. The minimum atomic E-state index is 0.165. The highest BCUT2D eigenvalue weighted by Crippen LogP contribution is 2.31. The lowest BCUT2D eigenvalue weighted by atomic mass is 10.0. The molecule has 6 nitrogen and oxygen atoms in total. The van der Waals surface area contributed by atoms with Crippen LogP contribution in [0.1, 0.15) is 19.8 Å². The van der Waals surface area contributed by atoms with Crippen LogP contribution >= 0.6 is 11.8 Å². The molecule has 27 heavy (non-hydrogen) atoms. The fraction of sp³-hybridized carbons (Fsp3) is 0.450. The molecule has 0 unspecified atom stereocenters. The van der Waals surface area contributed by atoms with Crippen molar-refractivity contribution in [3.63, 3.8) is 0 Å². The summed E-state index contributed by atoms with van der Waals surface area (Å²) in [5.74, 6) is 2.57. The number of ether oxygens (including phenoxy) is 1. The van der Waals surface area contributed by atoms with Gasteiger partial charge in [0.1, 0.15) is 5.75 Å². The summed E-state index contributed by atoms with van der Waals surface area (Å²) in [7, 11) is 1.64. The minimum Gasteiger partial charge on any atom is -0.496 e. The van der Waals surface area contributed by atoms with Crippen LogP contribution in [0.3, 0.4) is 0 Å². The van der Waals surface area contributed by atoms with E-state index in [-0.39, 0.29) is 5.91 Å². The van der Waals surface area contributed by atoms with Crippen LogP contribution in [0.4, 0.5) is 0 Å². The van der Waals surface area contributed by atoms with Crippen molar-refractivity contribution in [1.82, 2.24) is 19.7 Å². The van der Waals surface area contributed by atoms with Gasteiger partial charge in [-0.05, 0) is 30.9 Å². The summed E-state index contributed by atoms with van der Waals surface area (Å²) >= 11 is 1.43. The van der Waals surface area contributed by atoms with Gasteiger partial charge >= 0.3 is 0 Å². The molecule has 0 radical (unpaired) electrons. The van der Waals surface area contributed by atoms with E-state index >= 15 is 0 Å². The lowest BCUT2D eigenvalue weighted by molar-refractivity contribution is -0.130. The van der Waals surface area contributed by atoms with Crippen LogP contribution in [0.2, 0.25) is 0 Å². The van der Waals surface area contributed by atoms with Crippen molar-refractivity contribution in [1.29, 1.82) is 0 Å². The van der Waals surface area contributed by atoms with Crippen molar-refractivity contribution in [2.45, 2.75) is 31.5 Å². The number of likely N-dealkylation sites (tertiary alicyclic amines) is 1. The number of thioether (sulfide) groups is 1. The average molecular weight is 387 g/mol. The molecule has 1 aliphatic heterocycles. The third-order valence-corrected chi connectivity index (χ3v) is 5.66. The van der Waals surface area contributed by atoms with Crippen LogP contribution < -0.4 is 4.74 Å². The monoisotopic (exact) mass is 386 g/mol. The number of amides is 1. The molecule has 0 aliphatic carbocycles. The number of nitrogens with zero attached hydrogens (tertiary/aromatic N) is 4. The summed E-state index contributed by atoms with van der Waals surface area (Å²) < 4.78 is 7.43. The third-order valence-electron chi connectivity index (χ3n) is 4.71. The Bertz CT molecular complexity index is 805. The van der Waals surface area contributed by atoms with E-state index in [0.717, 1.165) is 30.8 Å². The Labute approximate surface area is 164 Å². The van der Waals surface area contributed by atoms with Gasteiger partial charge in [0.25, 0.3) is 0 Å². The molecule has 2 heterocycles. The first kappa shape index (κ1) is 19.5. The Morgan fingerprint density at radius 1 is 1.41 bits per heavy atom. The van der Waals surface area contributed by atoms with Crippen molar-refractivity contribution >= 4 is 17.7 Å². The lowest BCUT2D eigenvalue weighted by Crippen LogP contribution is -2.40. The number of hydrogen-bond donors (Lipinski definition) is 0. The fourth-order valence-corrected chi connectivity index (χ4v) is 4.20. The minimum absolute atomic E-state index is 0.165. The lowest BCUT2D eigenvalue weighted by Gasteiger charge is -2.30. The maximum atomic E-state index is 12.6. The van der Waals surface area contributed by atoms with Gasteiger partial charge in [-0.2, -0.15) is 0 Å². The molecule has 0 N–H and O–H groups in total. The molecule has 0 spiro atoms.